The third-order valence-electron chi connectivity index (χ3n) is 2.31. The third-order valence-corrected chi connectivity index (χ3v) is 3.04. The van der Waals surface area contributed by atoms with Crippen LogP contribution in [0.15, 0.2) is 29.6 Å². The normalized spacial score (nSPS) is 10.2. The minimum atomic E-state index is -0.100. The molecule has 0 aliphatic carbocycles. The van der Waals surface area contributed by atoms with Crippen molar-refractivity contribution >= 4 is 22.4 Å². The maximum atomic E-state index is 11.8. The Hall–Kier alpha value is -1.88. The fourth-order valence-electron chi connectivity index (χ4n) is 1.38. The van der Waals surface area contributed by atoms with Gasteiger partial charge in [-0.15, -0.1) is 11.3 Å². The fourth-order valence-corrected chi connectivity index (χ4v) is 1.94. The van der Waals surface area contributed by atoms with E-state index in [1.165, 1.54) is 11.3 Å². The topological polar surface area (TPSA) is 68.0 Å². The van der Waals surface area contributed by atoms with E-state index >= 15 is 0 Å². The zero-order valence-electron chi connectivity index (χ0n) is 9.43. The first-order chi connectivity index (χ1) is 8.15. The number of amides is 1. The van der Waals surface area contributed by atoms with Gasteiger partial charge in [-0.1, -0.05) is 17.7 Å². The number of carbonyl (C=O) groups is 1. The van der Waals surface area contributed by atoms with Crippen molar-refractivity contribution in [3.8, 4) is 0 Å². The van der Waals surface area contributed by atoms with Crippen LogP contribution in [-0.4, -0.2) is 10.9 Å². The lowest BCUT2D eigenvalue weighted by Gasteiger charge is -2.03. The van der Waals surface area contributed by atoms with Gasteiger partial charge in [0.25, 0.3) is 5.91 Å². The summed E-state index contributed by atoms with van der Waals surface area (Å²) in [7, 11) is 0. The van der Waals surface area contributed by atoms with Crippen LogP contribution in [0.2, 0.25) is 0 Å². The molecule has 3 N–H and O–H groups in total. The van der Waals surface area contributed by atoms with Crippen molar-refractivity contribution in [2.45, 2.75) is 13.5 Å². The Morgan fingerprint density at radius 2 is 2.12 bits per heavy atom. The van der Waals surface area contributed by atoms with E-state index in [0.29, 0.717) is 17.2 Å². The van der Waals surface area contributed by atoms with Gasteiger partial charge in [-0.3, -0.25) is 4.79 Å². The molecule has 0 saturated carbocycles. The second-order valence-electron chi connectivity index (χ2n) is 3.73. The van der Waals surface area contributed by atoms with Crippen LogP contribution < -0.4 is 11.1 Å². The lowest BCUT2D eigenvalue weighted by Crippen LogP contribution is -2.22. The molecule has 5 heteroatoms. The number of nitrogens with one attached hydrogen (secondary N) is 1. The van der Waals surface area contributed by atoms with Gasteiger partial charge in [-0.05, 0) is 19.1 Å². The number of nitrogens with two attached hydrogens (primary N) is 1. The second-order valence-corrected chi connectivity index (χ2v) is 4.62. The maximum absolute atomic E-state index is 11.8. The fraction of sp³-hybridized carbons (Fsp3) is 0.167. The van der Waals surface area contributed by atoms with Gasteiger partial charge in [0.05, 0.1) is 12.2 Å². The molecule has 0 spiro atoms. The molecule has 1 aromatic carbocycles. The van der Waals surface area contributed by atoms with E-state index in [1.54, 1.807) is 12.1 Å². The Bertz CT molecular complexity index is 519. The highest BCUT2D eigenvalue weighted by Gasteiger charge is 2.05. The van der Waals surface area contributed by atoms with Gasteiger partial charge in [0, 0.05) is 10.9 Å². The molecule has 17 heavy (non-hydrogen) atoms. The summed E-state index contributed by atoms with van der Waals surface area (Å²) >= 11 is 1.37. The molecule has 2 aromatic rings. The van der Waals surface area contributed by atoms with Crippen molar-refractivity contribution in [2.24, 2.45) is 0 Å². The van der Waals surface area contributed by atoms with Crippen molar-refractivity contribution in [1.82, 2.24) is 10.3 Å². The molecular weight excluding hydrogens is 234 g/mol. The molecule has 0 radical (unpaired) electrons. The van der Waals surface area contributed by atoms with Gasteiger partial charge in [-0.2, -0.15) is 0 Å². The Kier molecular flexibility index (Phi) is 3.39. The summed E-state index contributed by atoms with van der Waals surface area (Å²) in [6, 6.07) is 7.44. The minimum absolute atomic E-state index is 0.100. The summed E-state index contributed by atoms with van der Waals surface area (Å²) in [5.41, 5.74) is 8.08. The lowest BCUT2D eigenvalue weighted by molar-refractivity contribution is 0.0950. The van der Waals surface area contributed by atoms with Crippen LogP contribution in [0.4, 0.5) is 5.13 Å². The summed E-state index contributed by atoms with van der Waals surface area (Å²) in [5, 5.41) is 5.15. The van der Waals surface area contributed by atoms with Crippen LogP contribution in [0, 0.1) is 6.92 Å². The first kappa shape index (κ1) is 11.6. The van der Waals surface area contributed by atoms with Gasteiger partial charge < -0.3 is 11.1 Å². The van der Waals surface area contributed by atoms with Gasteiger partial charge >= 0.3 is 0 Å². The van der Waals surface area contributed by atoms with E-state index in [2.05, 4.69) is 10.3 Å². The molecule has 2 rings (SSSR count). The average molecular weight is 247 g/mol. The summed E-state index contributed by atoms with van der Waals surface area (Å²) in [6.07, 6.45) is 0. The van der Waals surface area contributed by atoms with E-state index in [1.807, 2.05) is 24.4 Å². The van der Waals surface area contributed by atoms with E-state index in [-0.39, 0.29) is 5.91 Å². The first-order valence-electron chi connectivity index (χ1n) is 5.20. The molecule has 0 atom stereocenters. The number of anilines is 1. The number of rotatable bonds is 3. The second kappa shape index (κ2) is 4.97. The molecule has 1 heterocycles. The first-order valence-corrected chi connectivity index (χ1v) is 6.08. The lowest BCUT2D eigenvalue weighted by atomic mass is 10.1. The molecule has 0 saturated heterocycles. The van der Waals surface area contributed by atoms with Crippen LogP contribution in [0.25, 0.3) is 0 Å². The maximum Gasteiger partial charge on any atom is 0.251 e. The van der Waals surface area contributed by atoms with Gasteiger partial charge in [0.2, 0.25) is 0 Å². The van der Waals surface area contributed by atoms with Gasteiger partial charge in [-0.25, -0.2) is 4.98 Å². The van der Waals surface area contributed by atoms with E-state index in [0.717, 1.165) is 11.3 Å². The van der Waals surface area contributed by atoms with Gasteiger partial charge in [0.15, 0.2) is 5.13 Å². The van der Waals surface area contributed by atoms with Crippen molar-refractivity contribution < 1.29 is 4.79 Å². The standard InChI is InChI=1S/C12H13N3OS/c1-8-2-4-9(5-3-8)11(16)14-6-10-7-17-12(13)15-10/h2-5,7H,6H2,1H3,(H2,13,15)(H,14,16). The van der Waals surface area contributed by atoms with Crippen LogP contribution in [0.5, 0.6) is 0 Å². The summed E-state index contributed by atoms with van der Waals surface area (Å²) < 4.78 is 0. The van der Waals surface area contributed by atoms with Crippen molar-refractivity contribution in [3.05, 3.63) is 46.5 Å². The molecule has 88 valence electrons. The molecule has 1 aromatic heterocycles. The number of aromatic nitrogens is 1. The smallest absolute Gasteiger partial charge is 0.251 e. The molecule has 0 aliphatic rings. The predicted molar refractivity (Wildman–Crippen MR) is 68.9 cm³/mol. The summed E-state index contributed by atoms with van der Waals surface area (Å²) in [5.74, 6) is -0.100. The SMILES string of the molecule is Cc1ccc(C(=O)NCc2csc(N)n2)cc1. The van der Waals surface area contributed by atoms with Crippen molar-refractivity contribution in [2.75, 3.05) is 5.73 Å². The van der Waals surface area contributed by atoms with Crippen molar-refractivity contribution in [3.63, 3.8) is 0 Å². The number of aryl methyl sites for hydroxylation is 1. The number of nitrogen functional groups attached to an aromatic ring is 1. The third kappa shape index (κ3) is 3.04. The largest absolute Gasteiger partial charge is 0.375 e. The average Bonchev–Trinajstić information content (AvgIpc) is 2.73. The molecule has 1 amide bonds. The van der Waals surface area contributed by atoms with E-state index in [9.17, 15) is 4.79 Å². The predicted octanol–water partition coefficient (Wildman–Crippen LogP) is 1.96. The number of hydrogen-bond donors (Lipinski definition) is 2. The van der Waals surface area contributed by atoms with Gasteiger partial charge in [0.1, 0.15) is 0 Å². The van der Waals surface area contributed by atoms with Crippen LogP contribution in [0.3, 0.4) is 0 Å². The molecular formula is C12H13N3OS. The highest BCUT2D eigenvalue weighted by Crippen LogP contribution is 2.10. The highest BCUT2D eigenvalue weighted by atomic mass is 32.1. The van der Waals surface area contributed by atoms with Crippen molar-refractivity contribution in [1.29, 1.82) is 0 Å². The zero-order valence-corrected chi connectivity index (χ0v) is 10.3. The Labute approximate surface area is 103 Å². The molecule has 0 aliphatic heterocycles. The number of thiazole rings is 1. The molecule has 0 bridgehead atoms. The Morgan fingerprint density at radius 3 is 2.71 bits per heavy atom. The van der Waals surface area contributed by atoms with Crippen LogP contribution in [0.1, 0.15) is 21.6 Å². The van der Waals surface area contributed by atoms with E-state index in [4.69, 9.17) is 5.73 Å². The van der Waals surface area contributed by atoms with Crippen LogP contribution >= 0.6 is 11.3 Å². The Balaban J connectivity index is 1.95. The summed E-state index contributed by atoms with van der Waals surface area (Å²) in [6.45, 7) is 2.39. The van der Waals surface area contributed by atoms with Crippen LogP contribution in [-0.2, 0) is 6.54 Å². The summed E-state index contributed by atoms with van der Waals surface area (Å²) in [4.78, 5) is 15.8. The minimum Gasteiger partial charge on any atom is -0.375 e. The number of benzene rings is 1. The molecule has 4 nitrogen and oxygen atoms in total. The quantitative estimate of drug-likeness (QED) is 0.871. The number of hydrogen-bond acceptors (Lipinski definition) is 4. The molecule has 0 unspecified atom stereocenters. The number of carbonyl (C=O) groups excluding carboxylic acids is 1. The molecule has 0 fully saturated rings. The Morgan fingerprint density at radius 1 is 1.41 bits per heavy atom. The monoisotopic (exact) mass is 247 g/mol. The highest BCUT2D eigenvalue weighted by molar-refractivity contribution is 7.13. The number of nitrogens with zero attached hydrogens (tertiary/aromatic N) is 1. The zero-order chi connectivity index (χ0) is 12.3. The van der Waals surface area contributed by atoms with E-state index < -0.39 is 0 Å².